The van der Waals surface area contributed by atoms with Gasteiger partial charge in [-0.15, -0.1) is 0 Å². The van der Waals surface area contributed by atoms with E-state index in [2.05, 4.69) is 53.3 Å². The third kappa shape index (κ3) is 5.01. The van der Waals surface area contributed by atoms with E-state index >= 15 is 0 Å². The number of hydrogen-bond donors (Lipinski definition) is 2. The van der Waals surface area contributed by atoms with Crippen molar-refractivity contribution < 1.29 is 4.79 Å². The zero-order valence-corrected chi connectivity index (χ0v) is 15.1. The van der Waals surface area contributed by atoms with E-state index in [0.29, 0.717) is 16.7 Å². The zero-order valence-electron chi connectivity index (χ0n) is 14.3. The summed E-state index contributed by atoms with van der Waals surface area (Å²) < 4.78 is 0.470. The van der Waals surface area contributed by atoms with Crippen molar-refractivity contribution in [2.75, 3.05) is 19.6 Å². The monoisotopic (exact) mass is 343 g/mol. The topological polar surface area (TPSA) is 48.1 Å². The van der Waals surface area contributed by atoms with Gasteiger partial charge in [0.15, 0.2) is 0 Å². The summed E-state index contributed by atoms with van der Waals surface area (Å²) in [7, 11) is 0. The molecule has 4 nitrogen and oxygen atoms in total. The Kier molecular flexibility index (Phi) is 7.15. The number of carbonyl (C=O) groups is 1. The second-order valence-corrected chi connectivity index (χ2v) is 6.10. The normalized spacial score (nSPS) is 12.1. The van der Waals surface area contributed by atoms with Crippen molar-refractivity contribution in [3.63, 3.8) is 0 Å². The summed E-state index contributed by atoms with van der Waals surface area (Å²) >= 11 is 5.18. The van der Waals surface area contributed by atoms with Crippen LogP contribution in [0.25, 0.3) is 0 Å². The lowest BCUT2D eigenvalue weighted by Crippen LogP contribution is -2.45. The Morgan fingerprint density at radius 1 is 1.17 bits per heavy atom. The number of rotatable bonds is 8. The molecule has 128 valence electrons. The van der Waals surface area contributed by atoms with E-state index in [-0.39, 0.29) is 11.9 Å². The second kappa shape index (κ2) is 9.35. The van der Waals surface area contributed by atoms with Crippen LogP contribution in [-0.4, -0.2) is 41.5 Å². The van der Waals surface area contributed by atoms with E-state index in [9.17, 15) is 4.79 Å². The number of nitrogens with zero attached hydrogens (tertiary/aromatic N) is 1. The van der Waals surface area contributed by atoms with Crippen LogP contribution in [0.1, 0.15) is 29.8 Å². The van der Waals surface area contributed by atoms with Crippen molar-refractivity contribution in [2.45, 2.75) is 26.3 Å². The molecular formula is C19H25N3OS. The lowest BCUT2D eigenvalue weighted by atomic mass is 10.0. The second-order valence-electron chi connectivity index (χ2n) is 5.69. The highest BCUT2D eigenvalue weighted by Crippen LogP contribution is 2.09. The average molecular weight is 343 g/mol. The van der Waals surface area contributed by atoms with Gasteiger partial charge in [-0.05, 0) is 37.2 Å². The molecule has 1 aromatic carbocycles. The molecule has 1 heterocycles. The van der Waals surface area contributed by atoms with Crippen LogP contribution in [0.3, 0.4) is 0 Å². The molecule has 1 atom stereocenters. The number of aromatic amines is 1. The zero-order chi connectivity index (χ0) is 17.4. The first-order chi connectivity index (χ1) is 11.7. The van der Waals surface area contributed by atoms with Gasteiger partial charge >= 0.3 is 0 Å². The fraction of sp³-hybridized carbons (Fsp3) is 0.368. The number of pyridine rings is 1. The Bertz CT molecular complexity index is 695. The van der Waals surface area contributed by atoms with Gasteiger partial charge in [0.05, 0.1) is 5.56 Å². The number of carbonyl (C=O) groups excluding carboxylic acids is 1. The molecule has 0 spiro atoms. The summed E-state index contributed by atoms with van der Waals surface area (Å²) in [6.07, 6.45) is 2.64. The smallest absolute Gasteiger partial charge is 0.254 e. The molecule has 24 heavy (non-hydrogen) atoms. The lowest BCUT2D eigenvalue weighted by Gasteiger charge is -2.30. The minimum Gasteiger partial charge on any atom is -0.352 e. The third-order valence-corrected chi connectivity index (χ3v) is 4.54. The standard InChI is InChI=1S/C19H25N3OS/c1-3-22(4-2)16(13-15-9-6-5-7-10-15)14-21-18(23)17-11-8-12-20-19(17)24/h5-12,16H,3-4,13-14H2,1-2H3,(H,20,24)(H,21,23). The molecule has 2 rings (SSSR count). The molecule has 0 saturated carbocycles. The van der Waals surface area contributed by atoms with Crippen LogP contribution in [0, 0.1) is 4.64 Å². The van der Waals surface area contributed by atoms with Crippen LogP contribution in [0.5, 0.6) is 0 Å². The number of aromatic nitrogens is 1. The summed E-state index contributed by atoms with van der Waals surface area (Å²) in [4.78, 5) is 17.7. The van der Waals surface area contributed by atoms with E-state index < -0.39 is 0 Å². The van der Waals surface area contributed by atoms with Crippen molar-refractivity contribution in [1.82, 2.24) is 15.2 Å². The predicted molar refractivity (Wildman–Crippen MR) is 101 cm³/mol. The highest BCUT2D eigenvalue weighted by atomic mass is 32.1. The molecule has 2 aromatic rings. The van der Waals surface area contributed by atoms with Gasteiger partial charge in [0.1, 0.15) is 4.64 Å². The van der Waals surface area contributed by atoms with Gasteiger partial charge in [0, 0.05) is 18.8 Å². The summed E-state index contributed by atoms with van der Waals surface area (Å²) in [5.74, 6) is -0.123. The minimum absolute atomic E-state index is 0.123. The largest absolute Gasteiger partial charge is 0.352 e. The number of likely N-dealkylation sites (N-methyl/N-ethyl adjacent to an activating group) is 1. The maximum atomic E-state index is 12.4. The first-order valence-corrected chi connectivity index (χ1v) is 8.80. The Morgan fingerprint density at radius 3 is 2.50 bits per heavy atom. The van der Waals surface area contributed by atoms with Crippen LogP contribution in [0.4, 0.5) is 0 Å². The van der Waals surface area contributed by atoms with Crippen LogP contribution in [0.15, 0.2) is 48.7 Å². The molecule has 1 unspecified atom stereocenters. The van der Waals surface area contributed by atoms with Crippen LogP contribution in [0.2, 0.25) is 0 Å². The summed E-state index contributed by atoms with van der Waals surface area (Å²) in [6, 6.07) is 14.2. The third-order valence-electron chi connectivity index (χ3n) is 4.20. The fourth-order valence-corrected chi connectivity index (χ4v) is 3.09. The fourth-order valence-electron chi connectivity index (χ4n) is 2.86. The van der Waals surface area contributed by atoms with Crippen molar-refractivity contribution in [2.24, 2.45) is 0 Å². The Morgan fingerprint density at radius 2 is 1.88 bits per heavy atom. The van der Waals surface area contributed by atoms with Gasteiger partial charge in [-0.3, -0.25) is 9.69 Å². The molecule has 2 N–H and O–H groups in total. The van der Waals surface area contributed by atoms with E-state index in [1.807, 2.05) is 6.07 Å². The predicted octanol–water partition coefficient (Wildman–Crippen LogP) is 3.43. The van der Waals surface area contributed by atoms with Crippen molar-refractivity contribution in [1.29, 1.82) is 0 Å². The van der Waals surface area contributed by atoms with E-state index in [1.54, 1.807) is 18.3 Å². The number of hydrogen-bond acceptors (Lipinski definition) is 3. The van der Waals surface area contributed by atoms with Crippen LogP contribution >= 0.6 is 12.2 Å². The first-order valence-electron chi connectivity index (χ1n) is 8.39. The van der Waals surface area contributed by atoms with Crippen molar-refractivity contribution in [3.05, 3.63) is 64.4 Å². The van der Waals surface area contributed by atoms with Crippen LogP contribution in [-0.2, 0) is 6.42 Å². The summed E-state index contributed by atoms with van der Waals surface area (Å²) in [6.45, 7) is 6.80. The van der Waals surface area contributed by atoms with Crippen molar-refractivity contribution in [3.8, 4) is 0 Å². The molecular weight excluding hydrogens is 318 g/mol. The molecule has 1 amide bonds. The Hall–Kier alpha value is -1.98. The maximum Gasteiger partial charge on any atom is 0.254 e. The molecule has 0 fully saturated rings. The number of benzene rings is 1. The molecule has 0 aliphatic heterocycles. The molecule has 5 heteroatoms. The summed E-state index contributed by atoms with van der Waals surface area (Å²) in [5.41, 5.74) is 1.80. The van der Waals surface area contributed by atoms with Gasteiger partial charge in [-0.25, -0.2) is 0 Å². The van der Waals surface area contributed by atoms with Gasteiger partial charge in [0.25, 0.3) is 5.91 Å². The highest BCUT2D eigenvalue weighted by molar-refractivity contribution is 7.71. The number of nitrogens with one attached hydrogen (secondary N) is 2. The lowest BCUT2D eigenvalue weighted by molar-refractivity contribution is 0.0934. The van der Waals surface area contributed by atoms with E-state index in [1.165, 1.54) is 5.56 Å². The Balaban J connectivity index is 2.06. The van der Waals surface area contributed by atoms with Gasteiger partial charge in [0.2, 0.25) is 0 Å². The number of H-pyrrole nitrogens is 1. The van der Waals surface area contributed by atoms with Gasteiger partial charge in [-0.1, -0.05) is 56.4 Å². The van der Waals surface area contributed by atoms with Gasteiger partial charge in [-0.2, -0.15) is 0 Å². The average Bonchev–Trinajstić information content (AvgIpc) is 2.61. The first kappa shape index (κ1) is 18.4. The van der Waals surface area contributed by atoms with E-state index in [4.69, 9.17) is 12.2 Å². The molecule has 0 aliphatic carbocycles. The van der Waals surface area contributed by atoms with E-state index in [0.717, 1.165) is 19.5 Å². The Labute approximate surface area is 148 Å². The quantitative estimate of drug-likeness (QED) is 0.722. The molecule has 0 bridgehead atoms. The van der Waals surface area contributed by atoms with Gasteiger partial charge < -0.3 is 10.3 Å². The molecule has 0 aliphatic rings. The van der Waals surface area contributed by atoms with Crippen molar-refractivity contribution >= 4 is 18.1 Å². The minimum atomic E-state index is -0.123. The van der Waals surface area contributed by atoms with Crippen LogP contribution < -0.4 is 5.32 Å². The molecule has 1 aromatic heterocycles. The SMILES string of the molecule is CCN(CC)C(CNC(=O)c1ccc[nH]c1=S)Cc1ccccc1. The molecule has 0 radical (unpaired) electrons. The summed E-state index contributed by atoms with van der Waals surface area (Å²) in [5, 5.41) is 3.04. The number of amides is 1. The maximum absolute atomic E-state index is 12.4. The molecule has 0 saturated heterocycles. The highest BCUT2D eigenvalue weighted by Gasteiger charge is 2.18.